The molecule has 0 atom stereocenters. The predicted octanol–water partition coefficient (Wildman–Crippen LogP) is 4.08. The minimum absolute atomic E-state index is 0.342. The molecule has 0 aliphatic rings. The van der Waals surface area contributed by atoms with Gasteiger partial charge >= 0.3 is 5.97 Å². The summed E-state index contributed by atoms with van der Waals surface area (Å²) in [6, 6.07) is 11.9. The van der Waals surface area contributed by atoms with Gasteiger partial charge in [0.1, 0.15) is 0 Å². The van der Waals surface area contributed by atoms with Crippen LogP contribution in [-0.4, -0.2) is 13.1 Å². The molecule has 0 aromatic heterocycles. The molecular formula is C17H19NO2S. The molecule has 0 unspecified atom stereocenters. The predicted molar refractivity (Wildman–Crippen MR) is 86.9 cm³/mol. The third kappa shape index (κ3) is 3.39. The second-order valence-electron chi connectivity index (χ2n) is 4.76. The molecule has 2 N–H and O–H groups in total. The SMILES string of the molecule is CCc1cc(Sc2ccccc2C)c(N)cc1C(=O)OC. The molecule has 4 heteroatoms. The van der Waals surface area contributed by atoms with Crippen molar-refractivity contribution in [2.45, 2.75) is 30.1 Å². The molecule has 0 spiro atoms. The number of rotatable bonds is 4. The van der Waals surface area contributed by atoms with Gasteiger partial charge < -0.3 is 10.5 Å². The van der Waals surface area contributed by atoms with Crippen molar-refractivity contribution >= 4 is 23.4 Å². The standard InChI is InChI=1S/C17H19NO2S/c1-4-12-9-16(14(18)10-13(12)17(19)20-3)21-15-8-6-5-7-11(15)2/h5-10H,4,18H2,1-3H3. The fraction of sp³-hybridized carbons (Fsp3) is 0.235. The molecule has 3 nitrogen and oxygen atoms in total. The van der Waals surface area contributed by atoms with E-state index in [2.05, 4.69) is 19.1 Å². The van der Waals surface area contributed by atoms with Gasteiger partial charge in [-0.1, -0.05) is 36.9 Å². The summed E-state index contributed by atoms with van der Waals surface area (Å²) in [5.74, 6) is -0.342. The van der Waals surface area contributed by atoms with E-state index in [0.29, 0.717) is 11.3 Å². The molecule has 2 aromatic rings. The number of hydrogen-bond acceptors (Lipinski definition) is 4. The largest absolute Gasteiger partial charge is 0.465 e. The van der Waals surface area contributed by atoms with Crippen LogP contribution in [0.2, 0.25) is 0 Å². The lowest BCUT2D eigenvalue weighted by Gasteiger charge is -2.13. The first-order valence-electron chi connectivity index (χ1n) is 6.81. The van der Waals surface area contributed by atoms with E-state index in [1.165, 1.54) is 12.7 Å². The molecule has 0 heterocycles. The average Bonchev–Trinajstić information content (AvgIpc) is 2.50. The van der Waals surface area contributed by atoms with Gasteiger partial charge in [0.2, 0.25) is 0 Å². The molecule has 0 bridgehead atoms. The number of anilines is 1. The Morgan fingerprint density at radius 2 is 1.95 bits per heavy atom. The van der Waals surface area contributed by atoms with E-state index < -0.39 is 0 Å². The second-order valence-corrected chi connectivity index (χ2v) is 5.84. The molecule has 2 aromatic carbocycles. The van der Waals surface area contributed by atoms with Gasteiger partial charge in [0.15, 0.2) is 0 Å². The van der Waals surface area contributed by atoms with Gasteiger partial charge in [-0.15, -0.1) is 0 Å². The van der Waals surface area contributed by atoms with Crippen molar-refractivity contribution in [3.8, 4) is 0 Å². The molecule has 110 valence electrons. The first-order chi connectivity index (χ1) is 10.1. The van der Waals surface area contributed by atoms with Crippen LogP contribution in [0.15, 0.2) is 46.2 Å². The Hall–Kier alpha value is -1.94. The van der Waals surface area contributed by atoms with Crippen LogP contribution in [0, 0.1) is 6.92 Å². The van der Waals surface area contributed by atoms with E-state index in [9.17, 15) is 4.79 Å². The highest BCUT2D eigenvalue weighted by atomic mass is 32.2. The number of benzene rings is 2. The fourth-order valence-corrected chi connectivity index (χ4v) is 3.10. The highest BCUT2D eigenvalue weighted by Gasteiger charge is 2.15. The summed E-state index contributed by atoms with van der Waals surface area (Å²) in [5.41, 5.74) is 9.41. The fourth-order valence-electron chi connectivity index (χ4n) is 2.11. The normalized spacial score (nSPS) is 10.4. The van der Waals surface area contributed by atoms with Gasteiger partial charge in [0.25, 0.3) is 0 Å². The van der Waals surface area contributed by atoms with E-state index in [0.717, 1.165) is 21.8 Å². The summed E-state index contributed by atoms with van der Waals surface area (Å²) in [6.07, 6.45) is 0.756. The van der Waals surface area contributed by atoms with E-state index >= 15 is 0 Å². The molecule has 21 heavy (non-hydrogen) atoms. The van der Waals surface area contributed by atoms with Crippen molar-refractivity contribution in [3.05, 3.63) is 53.1 Å². The van der Waals surface area contributed by atoms with Crippen LogP contribution in [0.5, 0.6) is 0 Å². The molecular weight excluding hydrogens is 282 g/mol. The summed E-state index contributed by atoms with van der Waals surface area (Å²) in [7, 11) is 1.38. The Bertz CT molecular complexity index is 668. The summed E-state index contributed by atoms with van der Waals surface area (Å²) in [5, 5.41) is 0. The highest BCUT2D eigenvalue weighted by molar-refractivity contribution is 7.99. The first-order valence-corrected chi connectivity index (χ1v) is 7.62. The maximum absolute atomic E-state index is 11.8. The Morgan fingerprint density at radius 3 is 2.57 bits per heavy atom. The third-order valence-electron chi connectivity index (χ3n) is 3.34. The van der Waals surface area contributed by atoms with Gasteiger partial charge in [-0.05, 0) is 42.7 Å². The lowest BCUT2D eigenvalue weighted by Crippen LogP contribution is -2.07. The molecule has 0 saturated carbocycles. The molecule has 0 amide bonds. The highest BCUT2D eigenvalue weighted by Crippen LogP contribution is 2.35. The summed E-state index contributed by atoms with van der Waals surface area (Å²) in [6.45, 7) is 4.09. The van der Waals surface area contributed by atoms with E-state index in [1.54, 1.807) is 17.8 Å². The number of carbonyl (C=O) groups excluding carboxylic acids is 1. The zero-order valence-corrected chi connectivity index (χ0v) is 13.3. The zero-order chi connectivity index (χ0) is 15.4. The number of esters is 1. The van der Waals surface area contributed by atoms with Crippen molar-refractivity contribution in [1.82, 2.24) is 0 Å². The number of nitrogen functional groups attached to an aromatic ring is 1. The summed E-state index contributed by atoms with van der Waals surface area (Å²) >= 11 is 1.62. The summed E-state index contributed by atoms with van der Waals surface area (Å²) < 4.78 is 4.81. The number of hydrogen-bond donors (Lipinski definition) is 1. The molecule has 0 aliphatic heterocycles. The van der Waals surface area contributed by atoms with Crippen LogP contribution in [0.4, 0.5) is 5.69 Å². The molecule has 0 radical (unpaired) electrons. The second kappa shape index (κ2) is 6.68. The van der Waals surface area contributed by atoms with E-state index in [-0.39, 0.29) is 5.97 Å². The van der Waals surface area contributed by atoms with E-state index in [4.69, 9.17) is 10.5 Å². The monoisotopic (exact) mass is 301 g/mol. The Morgan fingerprint density at radius 1 is 1.24 bits per heavy atom. The Kier molecular flexibility index (Phi) is 4.91. The lowest BCUT2D eigenvalue weighted by molar-refractivity contribution is 0.0599. The van der Waals surface area contributed by atoms with Gasteiger partial charge in [0, 0.05) is 15.5 Å². The van der Waals surface area contributed by atoms with Crippen LogP contribution in [0.1, 0.15) is 28.4 Å². The van der Waals surface area contributed by atoms with Gasteiger partial charge in [-0.25, -0.2) is 4.79 Å². The Labute approximate surface area is 129 Å². The lowest BCUT2D eigenvalue weighted by atomic mass is 10.0. The quantitative estimate of drug-likeness (QED) is 0.683. The topological polar surface area (TPSA) is 52.3 Å². The Balaban J connectivity index is 2.42. The minimum Gasteiger partial charge on any atom is -0.465 e. The molecule has 0 saturated heterocycles. The van der Waals surface area contributed by atoms with Gasteiger partial charge in [0.05, 0.1) is 12.7 Å². The van der Waals surface area contributed by atoms with Crippen LogP contribution in [-0.2, 0) is 11.2 Å². The number of methoxy groups -OCH3 is 1. The molecule has 0 aliphatic carbocycles. The number of aryl methyl sites for hydroxylation is 2. The third-order valence-corrected chi connectivity index (χ3v) is 4.59. The zero-order valence-electron chi connectivity index (χ0n) is 12.5. The number of nitrogens with two attached hydrogens (primary N) is 1. The van der Waals surface area contributed by atoms with Gasteiger partial charge in [-0.2, -0.15) is 0 Å². The summed E-state index contributed by atoms with van der Waals surface area (Å²) in [4.78, 5) is 13.9. The number of carbonyl (C=O) groups is 1. The van der Waals surface area contributed by atoms with E-state index in [1.807, 2.05) is 25.1 Å². The van der Waals surface area contributed by atoms with Crippen molar-refractivity contribution in [3.63, 3.8) is 0 Å². The molecule has 0 fully saturated rings. The van der Waals surface area contributed by atoms with Crippen LogP contribution in [0.25, 0.3) is 0 Å². The maximum Gasteiger partial charge on any atom is 0.338 e. The van der Waals surface area contributed by atoms with Crippen LogP contribution >= 0.6 is 11.8 Å². The molecule has 2 rings (SSSR count). The maximum atomic E-state index is 11.8. The van der Waals surface area contributed by atoms with Crippen molar-refractivity contribution < 1.29 is 9.53 Å². The van der Waals surface area contributed by atoms with Crippen molar-refractivity contribution in [1.29, 1.82) is 0 Å². The van der Waals surface area contributed by atoms with Gasteiger partial charge in [-0.3, -0.25) is 0 Å². The smallest absolute Gasteiger partial charge is 0.338 e. The first kappa shape index (κ1) is 15.4. The average molecular weight is 301 g/mol. The van der Waals surface area contributed by atoms with Crippen LogP contribution in [0.3, 0.4) is 0 Å². The van der Waals surface area contributed by atoms with Crippen molar-refractivity contribution in [2.75, 3.05) is 12.8 Å². The number of ether oxygens (including phenoxy) is 1. The van der Waals surface area contributed by atoms with Crippen LogP contribution < -0.4 is 5.73 Å². The van der Waals surface area contributed by atoms with Crippen molar-refractivity contribution in [2.24, 2.45) is 0 Å². The minimum atomic E-state index is -0.342.